The molecule has 1 heterocycles. The summed E-state index contributed by atoms with van der Waals surface area (Å²) in [7, 11) is 3.81. The van der Waals surface area contributed by atoms with E-state index in [1.807, 2.05) is 0 Å². The summed E-state index contributed by atoms with van der Waals surface area (Å²) in [6.45, 7) is 3.58. The van der Waals surface area contributed by atoms with E-state index in [-0.39, 0.29) is 12.0 Å². The summed E-state index contributed by atoms with van der Waals surface area (Å²) in [6.07, 6.45) is 0.134. The Balaban J connectivity index is 2.14. The second kappa shape index (κ2) is 5.95. The number of morpholine rings is 1. The molecule has 1 fully saturated rings. The van der Waals surface area contributed by atoms with Gasteiger partial charge in [-0.15, -0.1) is 0 Å². The van der Waals surface area contributed by atoms with Gasteiger partial charge >= 0.3 is 0 Å². The highest BCUT2D eigenvalue weighted by Crippen LogP contribution is 2.01. The fraction of sp³-hybridized carbons (Fsp3) is 0.889. The first-order chi connectivity index (χ1) is 6.72. The maximum Gasteiger partial charge on any atom is 0.234 e. The van der Waals surface area contributed by atoms with E-state index in [2.05, 4.69) is 22.6 Å². The zero-order valence-corrected chi connectivity index (χ0v) is 8.88. The molecule has 0 bridgehead atoms. The maximum atomic E-state index is 11.1. The predicted molar refractivity (Wildman–Crippen MR) is 54.2 cm³/mol. The Morgan fingerprint density at radius 3 is 3.07 bits per heavy atom. The molecule has 0 spiro atoms. The summed E-state index contributed by atoms with van der Waals surface area (Å²) < 4.78 is 5.50. The van der Waals surface area contributed by atoms with Crippen LogP contribution in [-0.2, 0) is 9.53 Å². The van der Waals surface area contributed by atoms with Gasteiger partial charge in [0.15, 0.2) is 0 Å². The van der Waals surface area contributed by atoms with Crippen LogP contribution in [0.5, 0.6) is 0 Å². The normalized spacial score (nSPS) is 23.4. The van der Waals surface area contributed by atoms with Gasteiger partial charge in [-0.2, -0.15) is 0 Å². The SMILES string of the molecule is CNCC(=O)NCC1CN(C)CCO1. The Hall–Kier alpha value is -0.650. The van der Waals surface area contributed by atoms with Crippen molar-refractivity contribution >= 4 is 5.91 Å². The summed E-state index contributed by atoms with van der Waals surface area (Å²) >= 11 is 0. The summed E-state index contributed by atoms with van der Waals surface area (Å²) in [4.78, 5) is 13.3. The number of carbonyl (C=O) groups excluding carboxylic acids is 1. The highest BCUT2D eigenvalue weighted by molar-refractivity contribution is 5.77. The zero-order chi connectivity index (χ0) is 10.4. The van der Waals surface area contributed by atoms with E-state index in [0.29, 0.717) is 13.1 Å². The topological polar surface area (TPSA) is 53.6 Å². The van der Waals surface area contributed by atoms with Crippen LogP contribution in [0.1, 0.15) is 0 Å². The summed E-state index contributed by atoms with van der Waals surface area (Å²) in [5.74, 6) is 0.0179. The average molecular weight is 201 g/mol. The molecule has 1 unspecified atom stereocenters. The molecule has 1 amide bonds. The molecule has 0 saturated carbocycles. The largest absolute Gasteiger partial charge is 0.374 e. The van der Waals surface area contributed by atoms with Crippen LogP contribution in [-0.4, -0.2) is 63.8 Å². The number of nitrogens with one attached hydrogen (secondary N) is 2. The van der Waals surface area contributed by atoms with Gasteiger partial charge in [-0.25, -0.2) is 0 Å². The molecule has 14 heavy (non-hydrogen) atoms. The Morgan fingerprint density at radius 1 is 1.64 bits per heavy atom. The first-order valence-corrected chi connectivity index (χ1v) is 4.94. The van der Waals surface area contributed by atoms with E-state index >= 15 is 0 Å². The molecule has 1 atom stereocenters. The maximum absolute atomic E-state index is 11.1. The zero-order valence-electron chi connectivity index (χ0n) is 8.88. The molecule has 1 saturated heterocycles. The van der Waals surface area contributed by atoms with Crippen molar-refractivity contribution in [1.82, 2.24) is 15.5 Å². The van der Waals surface area contributed by atoms with Crippen molar-refractivity contribution in [3.05, 3.63) is 0 Å². The molecular weight excluding hydrogens is 182 g/mol. The first-order valence-electron chi connectivity index (χ1n) is 4.94. The van der Waals surface area contributed by atoms with E-state index in [4.69, 9.17) is 4.74 Å². The van der Waals surface area contributed by atoms with Gasteiger partial charge in [-0.3, -0.25) is 4.79 Å². The lowest BCUT2D eigenvalue weighted by atomic mass is 10.3. The smallest absolute Gasteiger partial charge is 0.234 e. The van der Waals surface area contributed by atoms with Gasteiger partial charge in [-0.05, 0) is 14.1 Å². The van der Waals surface area contributed by atoms with Gasteiger partial charge < -0.3 is 20.3 Å². The van der Waals surface area contributed by atoms with E-state index in [1.54, 1.807) is 7.05 Å². The fourth-order valence-electron chi connectivity index (χ4n) is 1.44. The Bertz CT molecular complexity index is 187. The number of nitrogens with zero attached hydrogens (tertiary/aromatic N) is 1. The molecule has 1 aliphatic rings. The summed E-state index contributed by atoms with van der Waals surface area (Å²) in [5, 5.41) is 5.62. The molecule has 5 nitrogen and oxygen atoms in total. The van der Waals surface area contributed by atoms with Crippen LogP contribution in [0.15, 0.2) is 0 Å². The lowest BCUT2D eigenvalue weighted by Gasteiger charge is -2.30. The molecule has 82 valence electrons. The molecular formula is C9H19N3O2. The Labute approximate surface area is 84.8 Å². The second-order valence-corrected chi connectivity index (χ2v) is 3.59. The molecule has 0 radical (unpaired) electrons. The number of amides is 1. The van der Waals surface area contributed by atoms with Crippen molar-refractivity contribution in [1.29, 1.82) is 0 Å². The van der Waals surface area contributed by atoms with Crippen molar-refractivity contribution in [3.63, 3.8) is 0 Å². The summed E-state index contributed by atoms with van der Waals surface area (Å²) in [6, 6.07) is 0. The van der Waals surface area contributed by atoms with Crippen LogP contribution in [0.4, 0.5) is 0 Å². The Kier molecular flexibility index (Phi) is 4.86. The van der Waals surface area contributed by atoms with Crippen LogP contribution in [0, 0.1) is 0 Å². The molecule has 0 aliphatic carbocycles. The fourth-order valence-corrected chi connectivity index (χ4v) is 1.44. The van der Waals surface area contributed by atoms with Gasteiger partial charge in [0.05, 0.1) is 19.3 Å². The van der Waals surface area contributed by atoms with Crippen molar-refractivity contribution in [2.24, 2.45) is 0 Å². The highest BCUT2D eigenvalue weighted by atomic mass is 16.5. The van der Waals surface area contributed by atoms with Crippen molar-refractivity contribution in [2.45, 2.75) is 6.10 Å². The third-order valence-electron chi connectivity index (χ3n) is 2.21. The minimum absolute atomic E-state index is 0.0179. The monoisotopic (exact) mass is 201 g/mol. The average Bonchev–Trinajstić information content (AvgIpc) is 2.15. The highest BCUT2D eigenvalue weighted by Gasteiger charge is 2.17. The first kappa shape index (κ1) is 11.4. The van der Waals surface area contributed by atoms with Crippen LogP contribution < -0.4 is 10.6 Å². The van der Waals surface area contributed by atoms with Gasteiger partial charge in [0.2, 0.25) is 5.91 Å². The molecule has 2 N–H and O–H groups in total. The minimum atomic E-state index is 0.0179. The van der Waals surface area contributed by atoms with Gasteiger partial charge in [-0.1, -0.05) is 0 Å². The minimum Gasteiger partial charge on any atom is -0.374 e. The quantitative estimate of drug-likeness (QED) is 0.591. The van der Waals surface area contributed by atoms with Gasteiger partial charge in [0.25, 0.3) is 0 Å². The van der Waals surface area contributed by atoms with Crippen LogP contribution in [0.2, 0.25) is 0 Å². The van der Waals surface area contributed by atoms with E-state index in [1.165, 1.54) is 0 Å². The van der Waals surface area contributed by atoms with E-state index in [9.17, 15) is 4.79 Å². The summed E-state index contributed by atoms with van der Waals surface area (Å²) in [5.41, 5.74) is 0. The predicted octanol–water partition coefficient (Wildman–Crippen LogP) is -1.35. The molecule has 0 aromatic rings. The number of carbonyl (C=O) groups is 1. The Morgan fingerprint density at radius 2 is 2.43 bits per heavy atom. The number of ether oxygens (including phenoxy) is 1. The standard InChI is InChI=1S/C9H19N3O2/c1-10-6-9(13)11-5-8-7-12(2)3-4-14-8/h8,10H,3-7H2,1-2H3,(H,11,13). The van der Waals surface area contributed by atoms with E-state index in [0.717, 1.165) is 19.7 Å². The lowest BCUT2D eigenvalue weighted by molar-refractivity contribution is -0.121. The van der Waals surface area contributed by atoms with Crippen LogP contribution in [0.25, 0.3) is 0 Å². The molecule has 0 aromatic carbocycles. The molecule has 0 aromatic heterocycles. The van der Waals surface area contributed by atoms with Gasteiger partial charge in [0, 0.05) is 19.6 Å². The van der Waals surface area contributed by atoms with Crippen molar-refractivity contribution in [3.8, 4) is 0 Å². The van der Waals surface area contributed by atoms with Crippen molar-refractivity contribution < 1.29 is 9.53 Å². The molecule has 1 aliphatic heterocycles. The molecule has 5 heteroatoms. The third kappa shape index (κ3) is 4.04. The number of rotatable bonds is 4. The molecule has 1 rings (SSSR count). The van der Waals surface area contributed by atoms with E-state index < -0.39 is 0 Å². The van der Waals surface area contributed by atoms with Crippen LogP contribution >= 0.6 is 0 Å². The second-order valence-electron chi connectivity index (χ2n) is 3.59. The number of hydrogen-bond acceptors (Lipinski definition) is 4. The van der Waals surface area contributed by atoms with Crippen LogP contribution in [0.3, 0.4) is 0 Å². The van der Waals surface area contributed by atoms with Crippen molar-refractivity contribution in [2.75, 3.05) is 46.9 Å². The lowest BCUT2D eigenvalue weighted by Crippen LogP contribution is -2.47. The number of hydrogen-bond donors (Lipinski definition) is 2. The van der Waals surface area contributed by atoms with Gasteiger partial charge in [0.1, 0.15) is 0 Å². The number of likely N-dealkylation sites (N-methyl/N-ethyl adjacent to an activating group) is 2. The third-order valence-corrected chi connectivity index (χ3v) is 2.21.